The van der Waals surface area contributed by atoms with Gasteiger partial charge in [-0.05, 0) is 25.3 Å². The number of amides is 1. The fourth-order valence-electron chi connectivity index (χ4n) is 1.80. The molecule has 0 bridgehead atoms. The SMILES string of the molecule is CCOC(=O)N/N=C1/CCc2ccccc21. The number of benzene rings is 1. The molecular weight excluding hydrogens is 204 g/mol. The van der Waals surface area contributed by atoms with Crippen LogP contribution in [-0.2, 0) is 11.2 Å². The number of fused-ring (bicyclic) bond motifs is 1. The van der Waals surface area contributed by atoms with Crippen molar-refractivity contribution in [3.8, 4) is 0 Å². The van der Waals surface area contributed by atoms with E-state index in [0.717, 1.165) is 24.1 Å². The Bertz CT molecular complexity index is 427. The Morgan fingerprint density at radius 3 is 3.06 bits per heavy atom. The lowest BCUT2D eigenvalue weighted by atomic mass is 10.1. The standard InChI is InChI=1S/C12H14N2O2/c1-2-16-12(15)14-13-11-8-7-9-5-3-4-6-10(9)11/h3-6H,2,7-8H2,1H3,(H,14,15)/b13-11-. The van der Waals surface area contributed by atoms with Crippen LogP contribution in [0.25, 0.3) is 0 Å². The number of rotatable bonds is 2. The molecule has 84 valence electrons. The molecule has 1 aromatic rings. The number of aryl methyl sites for hydroxylation is 1. The molecule has 4 heteroatoms. The molecule has 0 fully saturated rings. The average Bonchev–Trinajstić information content (AvgIpc) is 2.70. The minimum absolute atomic E-state index is 0.354. The van der Waals surface area contributed by atoms with Gasteiger partial charge in [0.15, 0.2) is 0 Å². The summed E-state index contributed by atoms with van der Waals surface area (Å²) in [5.41, 5.74) is 5.72. The summed E-state index contributed by atoms with van der Waals surface area (Å²) in [6.07, 6.45) is 1.35. The van der Waals surface area contributed by atoms with Gasteiger partial charge in [0.2, 0.25) is 0 Å². The van der Waals surface area contributed by atoms with Gasteiger partial charge in [0.25, 0.3) is 0 Å². The third-order valence-electron chi connectivity index (χ3n) is 2.52. The van der Waals surface area contributed by atoms with Gasteiger partial charge in [-0.15, -0.1) is 0 Å². The number of nitrogens with one attached hydrogen (secondary N) is 1. The van der Waals surface area contributed by atoms with E-state index < -0.39 is 6.09 Å². The Labute approximate surface area is 94.3 Å². The van der Waals surface area contributed by atoms with Crippen LogP contribution in [0, 0.1) is 0 Å². The first-order valence-electron chi connectivity index (χ1n) is 5.39. The van der Waals surface area contributed by atoms with E-state index in [2.05, 4.69) is 16.6 Å². The quantitative estimate of drug-likeness (QED) is 0.773. The lowest BCUT2D eigenvalue weighted by Gasteiger charge is -2.02. The number of carbonyl (C=O) groups excluding carboxylic acids is 1. The molecule has 0 aliphatic heterocycles. The van der Waals surface area contributed by atoms with E-state index in [4.69, 9.17) is 4.74 Å². The average molecular weight is 218 g/mol. The largest absolute Gasteiger partial charge is 0.449 e. The van der Waals surface area contributed by atoms with E-state index in [-0.39, 0.29) is 0 Å². The molecule has 0 saturated carbocycles. The highest BCUT2D eigenvalue weighted by molar-refractivity contribution is 6.04. The molecule has 1 amide bonds. The van der Waals surface area contributed by atoms with Crippen LogP contribution in [0.4, 0.5) is 4.79 Å². The molecule has 0 radical (unpaired) electrons. The van der Waals surface area contributed by atoms with Crippen LogP contribution in [-0.4, -0.2) is 18.4 Å². The first kappa shape index (κ1) is 10.7. The van der Waals surface area contributed by atoms with Gasteiger partial charge in [-0.3, -0.25) is 0 Å². The van der Waals surface area contributed by atoms with Crippen molar-refractivity contribution in [1.29, 1.82) is 0 Å². The Kier molecular flexibility index (Phi) is 3.19. The molecule has 1 aliphatic carbocycles. The van der Waals surface area contributed by atoms with E-state index in [0.29, 0.717) is 6.61 Å². The molecule has 0 saturated heterocycles. The molecular formula is C12H14N2O2. The smallest absolute Gasteiger partial charge is 0.427 e. The fraction of sp³-hybridized carbons (Fsp3) is 0.333. The second-order valence-corrected chi connectivity index (χ2v) is 3.55. The predicted molar refractivity (Wildman–Crippen MR) is 61.5 cm³/mol. The van der Waals surface area contributed by atoms with Crippen LogP contribution >= 0.6 is 0 Å². The van der Waals surface area contributed by atoms with Gasteiger partial charge in [0.05, 0.1) is 12.3 Å². The molecule has 16 heavy (non-hydrogen) atoms. The molecule has 0 unspecified atom stereocenters. The summed E-state index contributed by atoms with van der Waals surface area (Å²) in [6, 6.07) is 8.10. The Morgan fingerprint density at radius 2 is 2.25 bits per heavy atom. The van der Waals surface area contributed by atoms with Gasteiger partial charge in [-0.1, -0.05) is 24.3 Å². The molecule has 4 nitrogen and oxygen atoms in total. The summed E-state index contributed by atoms with van der Waals surface area (Å²) in [5, 5.41) is 4.08. The van der Waals surface area contributed by atoms with Crippen molar-refractivity contribution in [1.82, 2.24) is 5.43 Å². The summed E-state index contributed by atoms with van der Waals surface area (Å²) >= 11 is 0. The monoisotopic (exact) mass is 218 g/mol. The van der Waals surface area contributed by atoms with Crippen molar-refractivity contribution in [2.75, 3.05) is 6.61 Å². The number of hydrazone groups is 1. The molecule has 1 aliphatic rings. The van der Waals surface area contributed by atoms with Gasteiger partial charge >= 0.3 is 6.09 Å². The van der Waals surface area contributed by atoms with Crippen LogP contribution in [0.1, 0.15) is 24.5 Å². The lowest BCUT2D eigenvalue weighted by Crippen LogP contribution is -2.20. The van der Waals surface area contributed by atoms with E-state index in [1.165, 1.54) is 5.56 Å². The molecule has 0 spiro atoms. The van der Waals surface area contributed by atoms with Crippen molar-refractivity contribution >= 4 is 11.8 Å². The topological polar surface area (TPSA) is 50.7 Å². The number of ether oxygens (including phenoxy) is 1. The highest BCUT2D eigenvalue weighted by atomic mass is 16.5. The van der Waals surface area contributed by atoms with Gasteiger partial charge in [-0.25, -0.2) is 10.2 Å². The lowest BCUT2D eigenvalue weighted by molar-refractivity contribution is 0.152. The first-order valence-corrected chi connectivity index (χ1v) is 5.39. The fourth-order valence-corrected chi connectivity index (χ4v) is 1.80. The van der Waals surface area contributed by atoms with Crippen LogP contribution in [0.3, 0.4) is 0 Å². The highest BCUT2D eigenvalue weighted by Gasteiger charge is 2.16. The van der Waals surface area contributed by atoms with Crippen LogP contribution < -0.4 is 5.43 Å². The molecule has 2 rings (SSSR count). The van der Waals surface area contributed by atoms with E-state index >= 15 is 0 Å². The third-order valence-corrected chi connectivity index (χ3v) is 2.52. The second kappa shape index (κ2) is 4.79. The second-order valence-electron chi connectivity index (χ2n) is 3.55. The molecule has 0 aromatic heterocycles. The zero-order valence-corrected chi connectivity index (χ0v) is 9.19. The summed E-state index contributed by atoms with van der Waals surface area (Å²) in [4.78, 5) is 11.1. The minimum atomic E-state index is -0.501. The van der Waals surface area contributed by atoms with Crippen molar-refractivity contribution in [2.24, 2.45) is 5.10 Å². The molecule has 1 aromatic carbocycles. The third kappa shape index (κ3) is 2.21. The first-order chi connectivity index (χ1) is 7.81. The summed E-state index contributed by atoms with van der Waals surface area (Å²) in [6.45, 7) is 2.12. The van der Waals surface area contributed by atoms with Crippen LogP contribution in [0.5, 0.6) is 0 Å². The summed E-state index contributed by atoms with van der Waals surface area (Å²) < 4.78 is 4.73. The van der Waals surface area contributed by atoms with Crippen molar-refractivity contribution < 1.29 is 9.53 Å². The Hall–Kier alpha value is -1.84. The maximum Gasteiger partial charge on any atom is 0.427 e. The molecule has 1 N–H and O–H groups in total. The Balaban J connectivity index is 2.07. The highest BCUT2D eigenvalue weighted by Crippen LogP contribution is 2.21. The maximum atomic E-state index is 11.1. The van der Waals surface area contributed by atoms with Gasteiger partial charge < -0.3 is 4.74 Å². The Morgan fingerprint density at radius 1 is 1.44 bits per heavy atom. The number of hydrogen-bond acceptors (Lipinski definition) is 3. The normalized spacial score (nSPS) is 15.9. The van der Waals surface area contributed by atoms with Crippen molar-refractivity contribution in [3.05, 3.63) is 35.4 Å². The van der Waals surface area contributed by atoms with Gasteiger partial charge in [0, 0.05) is 5.56 Å². The van der Waals surface area contributed by atoms with Crippen LogP contribution in [0.2, 0.25) is 0 Å². The van der Waals surface area contributed by atoms with Crippen LogP contribution in [0.15, 0.2) is 29.4 Å². The predicted octanol–water partition coefficient (Wildman–Crippen LogP) is 2.08. The van der Waals surface area contributed by atoms with Gasteiger partial charge in [-0.2, -0.15) is 5.10 Å². The summed E-state index contributed by atoms with van der Waals surface area (Å²) in [7, 11) is 0. The van der Waals surface area contributed by atoms with E-state index in [1.54, 1.807) is 6.92 Å². The van der Waals surface area contributed by atoms with Crippen molar-refractivity contribution in [3.63, 3.8) is 0 Å². The maximum absolute atomic E-state index is 11.1. The van der Waals surface area contributed by atoms with E-state index in [1.807, 2.05) is 18.2 Å². The zero-order chi connectivity index (χ0) is 11.4. The number of hydrogen-bond donors (Lipinski definition) is 1. The number of carbonyl (C=O) groups is 1. The molecule has 0 atom stereocenters. The zero-order valence-electron chi connectivity index (χ0n) is 9.19. The number of nitrogens with zero attached hydrogens (tertiary/aromatic N) is 1. The minimum Gasteiger partial charge on any atom is -0.449 e. The van der Waals surface area contributed by atoms with E-state index in [9.17, 15) is 4.79 Å². The molecule has 0 heterocycles. The van der Waals surface area contributed by atoms with Gasteiger partial charge in [0.1, 0.15) is 0 Å². The van der Waals surface area contributed by atoms with Crippen molar-refractivity contribution in [2.45, 2.75) is 19.8 Å². The summed E-state index contributed by atoms with van der Waals surface area (Å²) in [5.74, 6) is 0.